The van der Waals surface area contributed by atoms with Gasteiger partial charge in [-0.05, 0) is 40.3 Å². The Kier molecular flexibility index (Phi) is 11.7. The topological polar surface area (TPSA) is 55.1 Å². The molecule has 15 heavy (non-hydrogen) atoms. The molecule has 0 spiro atoms. The molecule has 0 rings (SSSR count). The fourth-order valence-electron chi connectivity index (χ4n) is 0.643. The summed E-state index contributed by atoms with van der Waals surface area (Å²) in [4.78, 5) is 11.0. The Balaban J connectivity index is 0. The molecule has 0 heterocycles. The van der Waals surface area contributed by atoms with Crippen LogP contribution in [0.15, 0.2) is 23.9 Å². The Morgan fingerprint density at radius 3 is 2.20 bits per heavy atom. The molecule has 0 aliphatic carbocycles. The fourth-order valence-corrected chi connectivity index (χ4v) is 0.643. The first-order valence-corrected chi connectivity index (χ1v) is 5.30. The molecule has 0 aromatic rings. The van der Waals surface area contributed by atoms with E-state index in [0.29, 0.717) is 0 Å². The minimum Gasteiger partial charge on any atom is -0.405 e. The molecule has 1 amide bonds. The predicted octanol–water partition coefficient (Wildman–Crippen LogP) is 2.35. The summed E-state index contributed by atoms with van der Waals surface area (Å²) in [5.74, 6) is 0.0255. The van der Waals surface area contributed by atoms with Crippen molar-refractivity contribution in [1.82, 2.24) is 5.32 Å². The molecule has 0 aromatic carbocycles. The van der Waals surface area contributed by atoms with Gasteiger partial charge in [-0.1, -0.05) is 19.1 Å². The third kappa shape index (κ3) is 12.8. The normalized spacial score (nSPS) is 11.2. The Hall–Kier alpha value is -1.25. The highest BCUT2D eigenvalue weighted by Gasteiger charge is 2.02. The maximum absolute atomic E-state index is 11.0. The maximum atomic E-state index is 11.0. The van der Waals surface area contributed by atoms with E-state index in [0.717, 1.165) is 12.0 Å². The van der Waals surface area contributed by atoms with E-state index in [4.69, 9.17) is 5.73 Å². The van der Waals surface area contributed by atoms with Gasteiger partial charge in [-0.25, -0.2) is 0 Å². The summed E-state index contributed by atoms with van der Waals surface area (Å²) in [5, 5.41) is 2.79. The molecule has 0 radical (unpaired) electrons. The second-order valence-corrected chi connectivity index (χ2v) is 3.44. The van der Waals surface area contributed by atoms with Gasteiger partial charge in [0.05, 0.1) is 0 Å². The molecule has 3 heteroatoms. The number of hydrogen-bond donors (Lipinski definition) is 2. The van der Waals surface area contributed by atoms with Gasteiger partial charge in [-0.15, -0.1) is 0 Å². The highest BCUT2D eigenvalue weighted by molar-refractivity contribution is 5.92. The van der Waals surface area contributed by atoms with E-state index in [1.54, 1.807) is 19.2 Å². The van der Waals surface area contributed by atoms with E-state index in [1.165, 1.54) is 0 Å². The van der Waals surface area contributed by atoms with Crippen molar-refractivity contribution < 1.29 is 4.79 Å². The quantitative estimate of drug-likeness (QED) is 0.705. The molecule has 3 N–H and O–H groups in total. The van der Waals surface area contributed by atoms with E-state index in [-0.39, 0.29) is 11.9 Å². The Morgan fingerprint density at radius 1 is 1.47 bits per heavy atom. The first kappa shape index (κ1) is 16.2. The van der Waals surface area contributed by atoms with Crippen LogP contribution in [0.2, 0.25) is 0 Å². The van der Waals surface area contributed by atoms with Gasteiger partial charge in [0, 0.05) is 11.6 Å². The van der Waals surface area contributed by atoms with Gasteiger partial charge < -0.3 is 11.1 Å². The molecule has 0 saturated carbocycles. The summed E-state index contributed by atoms with van der Waals surface area (Å²) in [6, 6.07) is 0.224. The average molecular weight is 212 g/mol. The molecule has 88 valence electrons. The lowest BCUT2D eigenvalue weighted by molar-refractivity contribution is -0.117. The molecule has 0 fully saturated rings. The van der Waals surface area contributed by atoms with Crippen molar-refractivity contribution in [3.63, 3.8) is 0 Å². The molecular weight excluding hydrogens is 188 g/mol. The third-order valence-corrected chi connectivity index (χ3v) is 1.58. The highest BCUT2D eigenvalue weighted by atomic mass is 16.1. The van der Waals surface area contributed by atoms with Gasteiger partial charge >= 0.3 is 0 Å². The first-order valence-electron chi connectivity index (χ1n) is 5.30. The lowest BCUT2D eigenvalue weighted by atomic mass is 10.2. The third-order valence-electron chi connectivity index (χ3n) is 1.58. The Morgan fingerprint density at radius 2 is 2.00 bits per heavy atom. The van der Waals surface area contributed by atoms with E-state index < -0.39 is 0 Å². The lowest BCUT2D eigenvalue weighted by Crippen LogP contribution is -2.30. The zero-order valence-electron chi connectivity index (χ0n) is 10.5. The van der Waals surface area contributed by atoms with Gasteiger partial charge in [0.1, 0.15) is 0 Å². The number of carbonyl (C=O) groups is 1. The van der Waals surface area contributed by atoms with E-state index in [9.17, 15) is 4.79 Å². The largest absolute Gasteiger partial charge is 0.405 e. The van der Waals surface area contributed by atoms with Gasteiger partial charge in [0.2, 0.25) is 5.91 Å². The van der Waals surface area contributed by atoms with Crippen LogP contribution in [0, 0.1) is 0 Å². The Bertz CT molecular complexity index is 218. The van der Waals surface area contributed by atoms with Crippen LogP contribution in [-0.2, 0) is 4.79 Å². The van der Waals surface area contributed by atoms with Crippen LogP contribution < -0.4 is 11.1 Å². The van der Waals surface area contributed by atoms with Crippen molar-refractivity contribution in [3.8, 4) is 0 Å². The summed E-state index contributed by atoms with van der Waals surface area (Å²) in [5.41, 5.74) is 5.73. The summed E-state index contributed by atoms with van der Waals surface area (Å²) >= 11 is 0. The second-order valence-electron chi connectivity index (χ2n) is 3.44. The summed E-state index contributed by atoms with van der Waals surface area (Å²) in [6.45, 7) is 9.60. The smallest absolute Gasteiger partial charge is 0.246 e. The minimum absolute atomic E-state index is 0.0255. The number of rotatable bonds is 3. The molecule has 0 aromatic heterocycles. The van der Waals surface area contributed by atoms with Crippen molar-refractivity contribution in [2.75, 3.05) is 0 Å². The monoisotopic (exact) mass is 212 g/mol. The fraction of sp³-hybridized carbons (Fsp3) is 0.583. The minimum atomic E-state index is 0.0255. The van der Waals surface area contributed by atoms with Crippen LogP contribution >= 0.6 is 0 Å². The van der Waals surface area contributed by atoms with Gasteiger partial charge in [-0.2, -0.15) is 0 Å². The number of amides is 1. The van der Waals surface area contributed by atoms with Crippen LogP contribution in [0.3, 0.4) is 0 Å². The molecule has 0 bridgehead atoms. The zero-order valence-corrected chi connectivity index (χ0v) is 10.5. The number of hydrogen-bond acceptors (Lipinski definition) is 2. The van der Waals surface area contributed by atoms with Crippen molar-refractivity contribution in [2.45, 2.75) is 47.1 Å². The SMILES string of the molecule is C/C=C(\C)C(=O)NC(C)C.CC/C=C/N. The highest BCUT2D eigenvalue weighted by Crippen LogP contribution is 1.91. The second kappa shape index (κ2) is 10.8. The van der Waals surface area contributed by atoms with Crippen LogP contribution in [0.25, 0.3) is 0 Å². The van der Waals surface area contributed by atoms with E-state index in [1.807, 2.05) is 33.8 Å². The van der Waals surface area contributed by atoms with Crippen LogP contribution in [0.4, 0.5) is 0 Å². The number of nitrogens with one attached hydrogen (secondary N) is 1. The lowest BCUT2D eigenvalue weighted by Gasteiger charge is -2.07. The van der Waals surface area contributed by atoms with E-state index in [2.05, 4.69) is 5.32 Å². The summed E-state index contributed by atoms with van der Waals surface area (Å²) in [6.07, 6.45) is 6.30. The molecule has 0 atom stereocenters. The van der Waals surface area contributed by atoms with Crippen LogP contribution in [0.1, 0.15) is 41.0 Å². The molecule has 0 aliphatic rings. The van der Waals surface area contributed by atoms with Gasteiger partial charge in [-0.3, -0.25) is 4.79 Å². The first-order chi connectivity index (χ1) is 6.99. The predicted molar refractivity (Wildman–Crippen MR) is 66.3 cm³/mol. The molecular formula is C12H24N2O. The van der Waals surface area contributed by atoms with Crippen LogP contribution in [0.5, 0.6) is 0 Å². The standard InChI is InChI=1S/C8H15NO.C4H9N/c1-5-7(4)8(10)9-6(2)3;1-2-3-4-5/h5-6H,1-4H3,(H,9,10);3-4H,2,5H2,1H3/b7-5+;4-3+. The molecule has 3 nitrogen and oxygen atoms in total. The van der Waals surface area contributed by atoms with Crippen molar-refractivity contribution in [2.24, 2.45) is 5.73 Å². The van der Waals surface area contributed by atoms with E-state index >= 15 is 0 Å². The van der Waals surface area contributed by atoms with Crippen molar-refractivity contribution >= 4 is 5.91 Å². The number of nitrogens with two attached hydrogens (primary N) is 1. The Labute approximate surface area is 93.4 Å². The number of carbonyl (C=O) groups excluding carboxylic acids is 1. The summed E-state index contributed by atoms with van der Waals surface area (Å²) in [7, 11) is 0. The van der Waals surface area contributed by atoms with Crippen molar-refractivity contribution in [1.29, 1.82) is 0 Å². The summed E-state index contributed by atoms with van der Waals surface area (Å²) < 4.78 is 0. The maximum Gasteiger partial charge on any atom is 0.246 e. The zero-order chi connectivity index (χ0) is 12.3. The van der Waals surface area contributed by atoms with Gasteiger partial charge in [0.15, 0.2) is 0 Å². The van der Waals surface area contributed by atoms with Gasteiger partial charge in [0.25, 0.3) is 0 Å². The molecule has 0 unspecified atom stereocenters. The molecule has 0 saturated heterocycles. The van der Waals surface area contributed by atoms with Crippen molar-refractivity contribution in [3.05, 3.63) is 23.9 Å². The number of allylic oxidation sites excluding steroid dienone is 2. The van der Waals surface area contributed by atoms with Crippen LogP contribution in [-0.4, -0.2) is 11.9 Å². The molecule has 0 aliphatic heterocycles. The average Bonchev–Trinajstić information content (AvgIpc) is 2.17.